The second kappa shape index (κ2) is 16.1. The van der Waals surface area contributed by atoms with Gasteiger partial charge in [0.15, 0.2) is 0 Å². The number of likely N-dealkylation sites (tertiary alicyclic amines) is 1. The highest BCUT2D eigenvalue weighted by atomic mass is 35.5. The van der Waals surface area contributed by atoms with Crippen LogP contribution in [0, 0.1) is 0 Å². The van der Waals surface area contributed by atoms with Gasteiger partial charge in [0.2, 0.25) is 11.8 Å². The van der Waals surface area contributed by atoms with Crippen LogP contribution in [0.15, 0.2) is 54.9 Å². The molecule has 3 aromatic heterocycles. The van der Waals surface area contributed by atoms with E-state index in [9.17, 15) is 14.7 Å². The molecule has 50 heavy (non-hydrogen) atoms. The number of carbonyl (C=O) groups is 2. The number of hydrogen-bond donors (Lipinski definition) is 4. The zero-order valence-electron chi connectivity index (χ0n) is 27.8. The highest BCUT2D eigenvalue weighted by molar-refractivity contribution is 6.39. The van der Waals surface area contributed by atoms with Crippen molar-refractivity contribution in [2.24, 2.45) is 0 Å². The molecule has 0 saturated carbocycles. The number of carbonyl (C=O) groups excluding carboxylic acids is 2. The van der Waals surface area contributed by atoms with E-state index in [0.717, 1.165) is 43.5 Å². The largest absolute Gasteiger partial charge is 0.496 e. The predicted molar refractivity (Wildman–Crippen MR) is 192 cm³/mol. The quantitative estimate of drug-likeness (QED) is 0.156. The molecular formula is C36H39Cl2N7O5. The van der Waals surface area contributed by atoms with Gasteiger partial charge in [-0.1, -0.05) is 41.4 Å². The molecule has 2 aliphatic heterocycles. The highest BCUT2D eigenvalue weighted by Gasteiger charge is 2.23. The Kier molecular flexibility index (Phi) is 11.5. The van der Waals surface area contributed by atoms with Gasteiger partial charge in [-0.25, -0.2) is 4.98 Å². The van der Waals surface area contributed by atoms with Crippen LogP contribution >= 0.6 is 23.2 Å². The standard InChI is InChI=1S/C36H39Cl2N7O5/c1-49-30-16-29(41-18-22(30)20-45-14-11-24(46)12-15-45)35(48)43-28-5-3-4-26(32(28)37)34-33(38)25(10-13-40-34)27-8-6-21(36(44-27)50-2)17-39-19-23-7-9-31(47)42-23/h3-6,8,10,13,16,18,23-24,39,46H,7,9,11-12,14-15,17,19-20H2,1-2H3,(H,42,47)(H,43,48)/t23-/m1/s1. The number of benzene rings is 1. The number of aliphatic hydroxyl groups excluding tert-OH is 1. The van der Waals surface area contributed by atoms with Crippen molar-refractivity contribution in [3.63, 3.8) is 0 Å². The van der Waals surface area contributed by atoms with E-state index >= 15 is 0 Å². The molecule has 2 amide bonds. The van der Waals surface area contributed by atoms with Crippen LogP contribution in [0.25, 0.3) is 22.5 Å². The first-order valence-electron chi connectivity index (χ1n) is 16.5. The topological polar surface area (TPSA) is 151 Å². The molecule has 2 saturated heterocycles. The number of nitrogens with one attached hydrogen (secondary N) is 3. The van der Waals surface area contributed by atoms with E-state index in [-0.39, 0.29) is 28.8 Å². The summed E-state index contributed by atoms with van der Waals surface area (Å²) in [7, 11) is 3.12. The lowest BCUT2D eigenvalue weighted by molar-refractivity contribution is -0.119. The van der Waals surface area contributed by atoms with Crippen molar-refractivity contribution in [3.05, 3.63) is 81.7 Å². The highest BCUT2D eigenvalue weighted by Crippen LogP contribution is 2.40. The number of methoxy groups -OCH3 is 2. The van der Waals surface area contributed by atoms with Gasteiger partial charge in [-0.2, -0.15) is 0 Å². The third-order valence-electron chi connectivity index (χ3n) is 8.94. The van der Waals surface area contributed by atoms with Crippen molar-refractivity contribution in [1.82, 2.24) is 30.5 Å². The molecule has 4 N–H and O–H groups in total. The second-order valence-electron chi connectivity index (χ2n) is 12.3. The number of halogens is 2. The van der Waals surface area contributed by atoms with Crippen molar-refractivity contribution in [2.75, 3.05) is 39.2 Å². The third kappa shape index (κ3) is 8.17. The van der Waals surface area contributed by atoms with Crippen molar-refractivity contribution in [2.45, 2.75) is 50.9 Å². The van der Waals surface area contributed by atoms with E-state index in [4.69, 9.17) is 37.7 Å². The maximum absolute atomic E-state index is 13.4. The number of ether oxygens (including phenoxy) is 2. The molecule has 1 atom stereocenters. The first-order chi connectivity index (χ1) is 24.2. The summed E-state index contributed by atoms with van der Waals surface area (Å²) in [5.74, 6) is 0.629. The molecule has 6 rings (SSSR count). The molecule has 0 bridgehead atoms. The smallest absolute Gasteiger partial charge is 0.274 e. The van der Waals surface area contributed by atoms with Crippen LogP contribution in [0.3, 0.4) is 0 Å². The van der Waals surface area contributed by atoms with E-state index in [0.29, 0.717) is 70.9 Å². The van der Waals surface area contributed by atoms with Gasteiger partial charge in [-0.3, -0.25) is 24.5 Å². The number of pyridine rings is 3. The number of rotatable bonds is 12. The van der Waals surface area contributed by atoms with Crippen LogP contribution in [0.4, 0.5) is 5.69 Å². The first-order valence-corrected chi connectivity index (χ1v) is 17.2. The van der Waals surface area contributed by atoms with E-state index in [2.05, 4.69) is 30.8 Å². The number of anilines is 1. The average Bonchev–Trinajstić information content (AvgIpc) is 3.55. The van der Waals surface area contributed by atoms with Gasteiger partial charge in [0.1, 0.15) is 11.4 Å². The Morgan fingerprint density at radius 3 is 2.58 bits per heavy atom. The molecule has 262 valence electrons. The summed E-state index contributed by atoms with van der Waals surface area (Å²) in [5.41, 5.74) is 4.42. The second-order valence-corrected chi connectivity index (χ2v) is 13.1. The van der Waals surface area contributed by atoms with Crippen molar-refractivity contribution >= 4 is 40.7 Å². The molecule has 2 aliphatic rings. The fraction of sp³-hybridized carbons (Fsp3) is 0.361. The normalized spacial score (nSPS) is 16.7. The summed E-state index contributed by atoms with van der Waals surface area (Å²) in [6, 6.07) is 12.5. The average molecular weight is 721 g/mol. The van der Waals surface area contributed by atoms with E-state index in [1.807, 2.05) is 12.1 Å². The monoisotopic (exact) mass is 719 g/mol. The van der Waals surface area contributed by atoms with Gasteiger partial charge in [-0.15, -0.1) is 0 Å². The Bertz CT molecular complexity index is 1870. The number of aromatic nitrogens is 3. The zero-order chi connectivity index (χ0) is 35.2. The Morgan fingerprint density at radius 2 is 1.84 bits per heavy atom. The Morgan fingerprint density at radius 1 is 1.02 bits per heavy atom. The summed E-state index contributed by atoms with van der Waals surface area (Å²) < 4.78 is 11.2. The molecule has 0 radical (unpaired) electrons. The van der Waals surface area contributed by atoms with Gasteiger partial charge in [-0.05, 0) is 37.5 Å². The summed E-state index contributed by atoms with van der Waals surface area (Å²) in [6.45, 7) is 3.34. The van der Waals surface area contributed by atoms with Gasteiger partial charge in [0.05, 0.1) is 47.4 Å². The number of aliphatic hydroxyl groups is 1. The Labute approximate surface area is 300 Å². The van der Waals surface area contributed by atoms with Crippen LogP contribution in [0.2, 0.25) is 10.0 Å². The minimum Gasteiger partial charge on any atom is -0.496 e. The molecule has 0 unspecified atom stereocenters. The zero-order valence-corrected chi connectivity index (χ0v) is 29.4. The predicted octanol–water partition coefficient (Wildman–Crippen LogP) is 5.11. The fourth-order valence-electron chi connectivity index (χ4n) is 6.19. The van der Waals surface area contributed by atoms with Gasteiger partial charge in [0, 0.05) is 85.9 Å². The van der Waals surface area contributed by atoms with Gasteiger partial charge in [0.25, 0.3) is 5.91 Å². The third-order valence-corrected chi connectivity index (χ3v) is 9.73. The fourth-order valence-corrected chi connectivity index (χ4v) is 6.76. The molecule has 0 spiro atoms. The number of amides is 2. The Balaban J connectivity index is 1.17. The molecule has 1 aromatic carbocycles. The summed E-state index contributed by atoms with van der Waals surface area (Å²) >= 11 is 13.8. The van der Waals surface area contributed by atoms with Gasteiger partial charge >= 0.3 is 0 Å². The van der Waals surface area contributed by atoms with E-state index in [1.165, 1.54) is 0 Å². The van der Waals surface area contributed by atoms with Crippen LogP contribution in [0.1, 0.15) is 47.3 Å². The maximum Gasteiger partial charge on any atom is 0.274 e. The van der Waals surface area contributed by atoms with Crippen molar-refractivity contribution in [1.29, 1.82) is 0 Å². The lowest BCUT2D eigenvalue weighted by Gasteiger charge is -2.29. The van der Waals surface area contributed by atoms with Crippen LogP contribution in [-0.4, -0.2) is 82.8 Å². The lowest BCUT2D eigenvalue weighted by Crippen LogP contribution is -2.35. The summed E-state index contributed by atoms with van der Waals surface area (Å²) in [6.07, 6.45) is 5.84. The summed E-state index contributed by atoms with van der Waals surface area (Å²) in [4.78, 5) is 40.7. The Hall–Kier alpha value is -4.33. The molecular weight excluding hydrogens is 681 g/mol. The van der Waals surface area contributed by atoms with Crippen LogP contribution in [0.5, 0.6) is 11.6 Å². The molecule has 14 heteroatoms. The lowest BCUT2D eigenvalue weighted by atomic mass is 10.1. The van der Waals surface area contributed by atoms with Crippen LogP contribution < -0.4 is 25.4 Å². The maximum atomic E-state index is 13.4. The number of nitrogens with zero attached hydrogens (tertiary/aromatic N) is 4. The SMILES string of the molecule is COc1cc(C(=O)Nc2cccc(-c3nccc(-c4ccc(CNC[C@H]5CCC(=O)N5)c(OC)n4)c3Cl)c2Cl)ncc1CN1CCC(O)CC1. The van der Waals surface area contributed by atoms with Crippen LogP contribution in [-0.2, 0) is 17.9 Å². The minimum atomic E-state index is -0.457. The number of hydrogen-bond acceptors (Lipinski definition) is 10. The van der Waals surface area contributed by atoms with E-state index in [1.54, 1.807) is 56.9 Å². The van der Waals surface area contributed by atoms with Crippen molar-refractivity contribution in [3.8, 4) is 34.1 Å². The molecule has 5 heterocycles. The van der Waals surface area contributed by atoms with E-state index < -0.39 is 5.91 Å². The van der Waals surface area contributed by atoms with Crippen molar-refractivity contribution < 1.29 is 24.2 Å². The molecule has 2 fully saturated rings. The summed E-state index contributed by atoms with van der Waals surface area (Å²) in [5, 5.41) is 19.6. The molecule has 0 aliphatic carbocycles. The number of piperidine rings is 1. The molecule has 12 nitrogen and oxygen atoms in total. The first kappa shape index (κ1) is 35.5. The minimum absolute atomic E-state index is 0.0818. The molecule has 4 aromatic rings. The van der Waals surface area contributed by atoms with Gasteiger partial charge < -0.3 is 30.5 Å².